The van der Waals surface area contributed by atoms with E-state index in [1.54, 1.807) is 22.9 Å². The van der Waals surface area contributed by atoms with E-state index in [1.807, 2.05) is 20.2 Å². The molecule has 94 valence electrons. The van der Waals surface area contributed by atoms with Gasteiger partial charge in [-0.3, -0.25) is 9.48 Å². The van der Waals surface area contributed by atoms with Gasteiger partial charge in [0, 0.05) is 24.6 Å². The Kier molecular flexibility index (Phi) is 2.93. The molecule has 2 rings (SSSR count). The minimum absolute atomic E-state index is 0.307. The second-order valence-corrected chi connectivity index (χ2v) is 4.09. The summed E-state index contributed by atoms with van der Waals surface area (Å²) in [4.78, 5) is 11.2. The van der Waals surface area contributed by atoms with E-state index in [9.17, 15) is 4.79 Å². The zero-order valence-corrected chi connectivity index (χ0v) is 10.3. The van der Waals surface area contributed by atoms with Gasteiger partial charge in [-0.05, 0) is 25.1 Å². The first-order valence-electron chi connectivity index (χ1n) is 5.44. The van der Waals surface area contributed by atoms with Crippen molar-refractivity contribution in [2.45, 2.75) is 6.92 Å². The number of hydrogen-bond donors (Lipinski definition) is 3. The SMILES string of the molecule is Cc1nn(C)cc1Nc1ccc(N)c(C(N)=O)c1. The van der Waals surface area contributed by atoms with Crippen LogP contribution in [0.5, 0.6) is 0 Å². The fraction of sp³-hybridized carbons (Fsp3) is 0.167. The molecule has 1 aromatic heterocycles. The first-order chi connectivity index (χ1) is 8.47. The second-order valence-electron chi connectivity index (χ2n) is 4.09. The first-order valence-corrected chi connectivity index (χ1v) is 5.44. The molecule has 0 atom stereocenters. The molecule has 0 aliphatic rings. The van der Waals surface area contributed by atoms with Gasteiger partial charge < -0.3 is 16.8 Å². The lowest BCUT2D eigenvalue weighted by Crippen LogP contribution is -2.13. The van der Waals surface area contributed by atoms with Crippen molar-refractivity contribution in [3.8, 4) is 0 Å². The Morgan fingerprint density at radius 2 is 2.17 bits per heavy atom. The number of aryl methyl sites for hydroxylation is 2. The van der Waals surface area contributed by atoms with E-state index in [-0.39, 0.29) is 0 Å². The predicted octanol–water partition coefficient (Wildman–Crippen LogP) is 1.15. The van der Waals surface area contributed by atoms with Crippen LogP contribution in [0.15, 0.2) is 24.4 Å². The van der Waals surface area contributed by atoms with Crippen molar-refractivity contribution in [1.29, 1.82) is 0 Å². The van der Waals surface area contributed by atoms with Gasteiger partial charge >= 0.3 is 0 Å². The maximum absolute atomic E-state index is 11.2. The number of amides is 1. The monoisotopic (exact) mass is 245 g/mol. The lowest BCUT2D eigenvalue weighted by Gasteiger charge is -2.08. The van der Waals surface area contributed by atoms with Crippen LogP contribution >= 0.6 is 0 Å². The van der Waals surface area contributed by atoms with Crippen LogP contribution in [0.3, 0.4) is 0 Å². The average molecular weight is 245 g/mol. The van der Waals surface area contributed by atoms with Crippen molar-refractivity contribution in [1.82, 2.24) is 9.78 Å². The maximum Gasteiger partial charge on any atom is 0.250 e. The van der Waals surface area contributed by atoms with E-state index in [0.717, 1.165) is 17.1 Å². The van der Waals surface area contributed by atoms with Crippen molar-refractivity contribution >= 4 is 23.0 Å². The number of aromatic nitrogens is 2. The standard InChI is InChI=1S/C12H15N5O/c1-7-11(6-17(2)16-7)15-8-3-4-10(13)9(5-8)12(14)18/h3-6,15H,13H2,1-2H3,(H2,14,18). The van der Waals surface area contributed by atoms with Crippen LogP contribution in [0.2, 0.25) is 0 Å². The van der Waals surface area contributed by atoms with Crippen LogP contribution in [0.25, 0.3) is 0 Å². The summed E-state index contributed by atoms with van der Waals surface area (Å²) in [7, 11) is 1.84. The minimum atomic E-state index is -0.543. The summed E-state index contributed by atoms with van der Waals surface area (Å²) in [5.41, 5.74) is 14.1. The van der Waals surface area contributed by atoms with Crippen LogP contribution < -0.4 is 16.8 Å². The molecule has 0 saturated carbocycles. The minimum Gasteiger partial charge on any atom is -0.398 e. The molecule has 1 heterocycles. The highest BCUT2D eigenvalue weighted by molar-refractivity contribution is 5.99. The molecule has 0 saturated heterocycles. The molecule has 6 heteroatoms. The Morgan fingerprint density at radius 1 is 1.44 bits per heavy atom. The molecule has 1 aromatic carbocycles. The fourth-order valence-corrected chi connectivity index (χ4v) is 1.73. The van der Waals surface area contributed by atoms with Crippen LogP contribution in [-0.2, 0) is 7.05 Å². The molecule has 0 bridgehead atoms. The van der Waals surface area contributed by atoms with Crippen molar-refractivity contribution in [2.75, 3.05) is 11.1 Å². The summed E-state index contributed by atoms with van der Waals surface area (Å²) in [6.07, 6.45) is 1.86. The van der Waals surface area contributed by atoms with E-state index in [0.29, 0.717) is 11.3 Å². The van der Waals surface area contributed by atoms with E-state index < -0.39 is 5.91 Å². The molecule has 0 radical (unpaired) electrons. The number of anilines is 3. The Bertz CT molecular complexity index is 603. The van der Waals surface area contributed by atoms with Gasteiger partial charge in [-0.2, -0.15) is 5.10 Å². The molecular weight excluding hydrogens is 230 g/mol. The average Bonchev–Trinajstić information content (AvgIpc) is 2.60. The number of carbonyl (C=O) groups excluding carboxylic acids is 1. The van der Waals surface area contributed by atoms with Gasteiger partial charge in [-0.15, -0.1) is 0 Å². The van der Waals surface area contributed by atoms with Gasteiger partial charge in [0.15, 0.2) is 0 Å². The molecule has 2 aromatic rings. The molecule has 0 aliphatic heterocycles. The Morgan fingerprint density at radius 3 is 2.72 bits per heavy atom. The van der Waals surface area contributed by atoms with Crippen molar-refractivity contribution in [3.63, 3.8) is 0 Å². The zero-order chi connectivity index (χ0) is 13.3. The first kappa shape index (κ1) is 12.0. The highest BCUT2D eigenvalue weighted by Gasteiger charge is 2.08. The molecule has 6 nitrogen and oxygen atoms in total. The number of nitrogens with zero attached hydrogens (tertiary/aromatic N) is 2. The van der Waals surface area contributed by atoms with E-state index >= 15 is 0 Å². The van der Waals surface area contributed by atoms with Gasteiger partial charge in [0.1, 0.15) is 0 Å². The molecule has 0 unspecified atom stereocenters. The number of nitrogens with two attached hydrogens (primary N) is 2. The molecule has 5 N–H and O–H groups in total. The summed E-state index contributed by atoms with van der Waals surface area (Å²) < 4.78 is 1.71. The third kappa shape index (κ3) is 2.27. The normalized spacial score (nSPS) is 10.3. The fourth-order valence-electron chi connectivity index (χ4n) is 1.73. The number of primary amides is 1. The summed E-state index contributed by atoms with van der Waals surface area (Å²) >= 11 is 0. The quantitative estimate of drug-likeness (QED) is 0.706. The second kappa shape index (κ2) is 4.40. The lowest BCUT2D eigenvalue weighted by molar-refractivity contribution is 0.100. The van der Waals surface area contributed by atoms with Gasteiger partial charge in [-0.25, -0.2) is 0 Å². The Labute approximate surface area is 105 Å². The predicted molar refractivity (Wildman–Crippen MR) is 70.6 cm³/mol. The third-order valence-electron chi connectivity index (χ3n) is 2.61. The van der Waals surface area contributed by atoms with Gasteiger partial charge in [0.25, 0.3) is 5.91 Å². The molecular formula is C12H15N5O. The van der Waals surface area contributed by atoms with E-state index in [1.165, 1.54) is 0 Å². The Balaban J connectivity index is 2.32. The maximum atomic E-state index is 11.2. The summed E-state index contributed by atoms with van der Waals surface area (Å²) in [5, 5.41) is 7.39. The Hall–Kier alpha value is -2.50. The smallest absolute Gasteiger partial charge is 0.250 e. The number of rotatable bonds is 3. The van der Waals surface area contributed by atoms with Gasteiger partial charge in [-0.1, -0.05) is 0 Å². The van der Waals surface area contributed by atoms with E-state index in [4.69, 9.17) is 11.5 Å². The molecule has 0 fully saturated rings. The molecule has 1 amide bonds. The number of benzene rings is 1. The zero-order valence-electron chi connectivity index (χ0n) is 10.3. The lowest BCUT2D eigenvalue weighted by atomic mass is 10.1. The molecule has 0 spiro atoms. The number of nitrogens with one attached hydrogen (secondary N) is 1. The van der Waals surface area contributed by atoms with E-state index in [2.05, 4.69) is 10.4 Å². The van der Waals surface area contributed by atoms with Crippen LogP contribution in [0.4, 0.5) is 17.1 Å². The molecule has 0 aliphatic carbocycles. The number of hydrogen-bond acceptors (Lipinski definition) is 4. The summed E-state index contributed by atoms with van der Waals surface area (Å²) in [6, 6.07) is 5.06. The van der Waals surface area contributed by atoms with Crippen molar-refractivity contribution < 1.29 is 4.79 Å². The van der Waals surface area contributed by atoms with Crippen LogP contribution in [-0.4, -0.2) is 15.7 Å². The summed E-state index contributed by atoms with van der Waals surface area (Å²) in [6.45, 7) is 1.90. The van der Waals surface area contributed by atoms with Gasteiger partial charge in [0.05, 0.1) is 16.9 Å². The highest BCUT2D eigenvalue weighted by atomic mass is 16.1. The van der Waals surface area contributed by atoms with Crippen LogP contribution in [0, 0.1) is 6.92 Å². The van der Waals surface area contributed by atoms with Crippen molar-refractivity contribution in [2.24, 2.45) is 12.8 Å². The topological polar surface area (TPSA) is 99.0 Å². The van der Waals surface area contributed by atoms with Crippen molar-refractivity contribution in [3.05, 3.63) is 35.7 Å². The number of carbonyl (C=O) groups is 1. The third-order valence-corrected chi connectivity index (χ3v) is 2.61. The largest absolute Gasteiger partial charge is 0.398 e. The number of nitrogen functional groups attached to an aromatic ring is 1. The highest BCUT2D eigenvalue weighted by Crippen LogP contribution is 2.22. The molecule has 18 heavy (non-hydrogen) atoms. The van der Waals surface area contributed by atoms with Crippen LogP contribution in [0.1, 0.15) is 16.1 Å². The summed E-state index contributed by atoms with van der Waals surface area (Å²) in [5.74, 6) is -0.543. The van der Waals surface area contributed by atoms with Gasteiger partial charge in [0.2, 0.25) is 0 Å².